The highest BCUT2D eigenvalue weighted by atomic mass is 127. The van der Waals surface area contributed by atoms with Gasteiger partial charge in [-0.25, -0.2) is 9.78 Å². The molecule has 2 rings (SSSR count). The lowest BCUT2D eigenvalue weighted by molar-refractivity contribution is 0.190. The maximum atomic E-state index is 10.6. The summed E-state index contributed by atoms with van der Waals surface area (Å²) in [5, 5.41) is 11.1. The molecule has 0 radical (unpaired) electrons. The van der Waals surface area contributed by atoms with Gasteiger partial charge in [0.25, 0.3) is 0 Å². The lowest BCUT2D eigenvalue weighted by Crippen LogP contribution is -2.25. The SMILES string of the molecule is CC(NC(=O)O)c1nc2ccccn2c1I. The van der Waals surface area contributed by atoms with E-state index < -0.39 is 6.09 Å². The number of carbonyl (C=O) groups is 1. The summed E-state index contributed by atoms with van der Waals surface area (Å²) in [6.07, 6.45) is 0.863. The van der Waals surface area contributed by atoms with Crippen LogP contribution in [0.5, 0.6) is 0 Å². The minimum Gasteiger partial charge on any atom is -0.465 e. The standard InChI is InChI=1S/C10H10IN3O2/c1-6(12-10(15)16)8-9(11)14-5-3-2-4-7(14)13-8/h2-6,12H,1H3,(H,15,16). The zero-order valence-electron chi connectivity index (χ0n) is 8.51. The number of nitrogens with one attached hydrogen (secondary N) is 1. The van der Waals surface area contributed by atoms with E-state index >= 15 is 0 Å². The molecule has 5 nitrogen and oxygen atoms in total. The molecule has 16 heavy (non-hydrogen) atoms. The molecule has 0 fully saturated rings. The van der Waals surface area contributed by atoms with Crippen LogP contribution < -0.4 is 5.32 Å². The van der Waals surface area contributed by atoms with Crippen molar-refractivity contribution in [1.82, 2.24) is 14.7 Å². The van der Waals surface area contributed by atoms with Crippen LogP contribution in [0.1, 0.15) is 18.7 Å². The molecule has 0 bridgehead atoms. The van der Waals surface area contributed by atoms with Crippen LogP contribution in [0.15, 0.2) is 24.4 Å². The van der Waals surface area contributed by atoms with Crippen LogP contribution in [0.2, 0.25) is 0 Å². The van der Waals surface area contributed by atoms with E-state index in [0.29, 0.717) is 0 Å². The number of pyridine rings is 1. The fourth-order valence-electron chi connectivity index (χ4n) is 1.51. The van der Waals surface area contributed by atoms with Crippen LogP contribution in [0, 0.1) is 3.70 Å². The summed E-state index contributed by atoms with van der Waals surface area (Å²) in [5.74, 6) is 0. The first-order valence-corrected chi connectivity index (χ1v) is 5.79. The molecule has 0 aliphatic heterocycles. The van der Waals surface area contributed by atoms with Gasteiger partial charge >= 0.3 is 6.09 Å². The normalized spacial score (nSPS) is 12.6. The molecule has 2 aromatic rings. The number of fused-ring (bicyclic) bond motifs is 1. The van der Waals surface area contributed by atoms with Gasteiger partial charge in [0.15, 0.2) is 0 Å². The van der Waals surface area contributed by atoms with Crippen molar-refractivity contribution in [3.8, 4) is 0 Å². The Labute approximate surface area is 106 Å². The van der Waals surface area contributed by atoms with Crippen LogP contribution in [0.4, 0.5) is 4.79 Å². The lowest BCUT2D eigenvalue weighted by Gasteiger charge is -2.08. The van der Waals surface area contributed by atoms with Crippen molar-refractivity contribution in [2.45, 2.75) is 13.0 Å². The molecule has 0 aliphatic carbocycles. The smallest absolute Gasteiger partial charge is 0.405 e. The summed E-state index contributed by atoms with van der Waals surface area (Å²) in [4.78, 5) is 15.0. The maximum absolute atomic E-state index is 10.6. The van der Waals surface area contributed by atoms with Crippen LogP contribution in [0.3, 0.4) is 0 Å². The number of carboxylic acid groups (broad SMARTS) is 1. The fraction of sp³-hybridized carbons (Fsp3) is 0.200. The number of aromatic nitrogens is 2. The first kappa shape index (κ1) is 11.2. The van der Waals surface area contributed by atoms with Crippen molar-refractivity contribution in [3.63, 3.8) is 0 Å². The van der Waals surface area contributed by atoms with Gasteiger partial charge in [-0.1, -0.05) is 6.07 Å². The molecule has 1 atom stereocenters. The molecule has 0 saturated carbocycles. The second kappa shape index (κ2) is 4.28. The molecule has 2 heterocycles. The maximum Gasteiger partial charge on any atom is 0.405 e. The van der Waals surface area contributed by atoms with Gasteiger partial charge in [0, 0.05) is 6.20 Å². The fourth-order valence-corrected chi connectivity index (χ4v) is 2.51. The average molecular weight is 331 g/mol. The number of nitrogens with zero attached hydrogens (tertiary/aromatic N) is 2. The van der Waals surface area contributed by atoms with E-state index in [1.807, 2.05) is 28.8 Å². The molecular formula is C10H10IN3O2. The van der Waals surface area contributed by atoms with E-state index in [1.54, 1.807) is 6.92 Å². The van der Waals surface area contributed by atoms with Gasteiger partial charge in [0.1, 0.15) is 9.35 Å². The van der Waals surface area contributed by atoms with E-state index in [0.717, 1.165) is 15.0 Å². The molecule has 1 amide bonds. The van der Waals surface area contributed by atoms with E-state index in [2.05, 4.69) is 32.9 Å². The largest absolute Gasteiger partial charge is 0.465 e. The van der Waals surface area contributed by atoms with Crippen LogP contribution in [-0.2, 0) is 0 Å². The zero-order chi connectivity index (χ0) is 11.7. The Morgan fingerprint density at radius 2 is 2.38 bits per heavy atom. The van der Waals surface area contributed by atoms with Gasteiger partial charge in [-0.3, -0.25) is 4.40 Å². The van der Waals surface area contributed by atoms with E-state index in [1.165, 1.54) is 0 Å². The van der Waals surface area contributed by atoms with E-state index in [4.69, 9.17) is 5.11 Å². The third kappa shape index (κ3) is 1.97. The molecular weight excluding hydrogens is 321 g/mol. The Kier molecular flexibility index (Phi) is 2.99. The second-order valence-corrected chi connectivity index (χ2v) is 4.41. The molecule has 0 aliphatic rings. The van der Waals surface area contributed by atoms with Crippen LogP contribution in [-0.4, -0.2) is 20.6 Å². The summed E-state index contributed by atoms with van der Waals surface area (Å²) in [5.41, 5.74) is 1.56. The van der Waals surface area contributed by atoms with Gasteiger partial charge in [0.05, 0.1) is 11.7 Å². The zero-order valence-corrected chi connectivity index (χ0v) is 10.7. The molecule has 2 N–H and O–H groups in total. The summed E-state index contributed by atoms with van der Waals surface area (Å²) in [7, 11) is 0. The summed E-state index contributed by atoms with van der Waals surface area (Å²) in [6.45, 7) is 1.78. The Morgan fingerprint density at radius 1 is 1.62 bits per heavy atom. The Hall–Kier alpha value is -1.31. The number of hydrogen-bond acceptors (Lipinski definition) is 2. The Balaban J connectivity index is 2.45. The van der Waals surface area contributed by atoms with Crippen molar-refractivity contribution in [3.05, 3.63) is 33.8 Å². The minimum absolute atomic E-state index is 0.315. The van der Waals surface area contributed by atoms with Crippen molar-refractivity contribution < 1.29 is 9.90 Å². The quantitative estimate of drug-likeness (QED) is 0.830. The summed E-state index contributed by atoms with van der Waals surface area (Å²) in [6, 6.07) is 5.39. The molecule has 0 spiro atoms. The van der Waals surface area contributed by atoms with E-state index in [-0.39, 0.29) is 6.04 Å². The minimum atomic E-state index is -1.04. The highest BCUT2D eigenvalue weighted by Crippen LogP contribution is 2.20. The number of rotatable bonds is 2. The first-order chi connectivity index (χ1) is 7.59. The van der Waals surface area contributed by atoms with Crippen LogP contribution in [0.25, 0.3) is 5.65 Å². The second-order valence-electron chi connectivity index (χ2n) is 3.39. The monoisotopic (exact) mass is 331 g/mol. The first-order valence-electron chi connectivity index (χ1n) is 4.71. The summed E-state index contributed by atoms with van der Waals surface area (Å²) < 4.78 is 2.85. The van der Waals surface area contributed by atoms with E-state index in [9.17, 15) is 4.79 Å². The highest BCUT2D eigenvalue weighted by molar-refractivity contribution is 14.1. The van der Waals surface area contributed by atoms with Crippen molar-refractivity contribution >= 4 is 34.3 Å². The number of halogens is 1. The molecule has 2 aromatic heterocycles. The third-order valence-electron chi connectivity index (χ3n) is 2.25. The Bertz CT molecular complexity index is 538. The van der Waals surface area contributed by atoms with Gasteiger partial charge < -0.3 is 10.4 Å². The predicted molar refractivity (Wildman–Crippen MR) is 67.5 cm³/mol. The molecule has 1 unspecified atom stereocenters. The topological polar surface area (TPSA) is 66.6 Å². The van der Waals surface area contributed by atoms with Gasteiger partial charge in [-0.15, -0.1) is 0 Å². The molecule has 0 saturated heterocycles. The molecule has 84 valence electrons. The van der Waals surface area contributed by atoms with Gasteiger partial charge in [-0.2, -0.15) is 0 Å². The Morgan fingerprint density at radius 3 is 3.00 bits per heavy atom. The third-order valence-corrected chi connectivity index (χ3v) is 3.32. The number of imidazole rings is 1. The van der Waals surface area contributed by atoms with Crippen LogP contribution >= 0.6 is 22.6 Å². The molecule has 0 aromatic carbocycles. The lowest BCUT2D eigenvalue weighted by atomic mass is 10.3. The average Bonchev–Trinajstić information content (AvgIpc) is 2.56. The van der Waals surface area contributed by atoms with Crippen molar-refractivity contribution in [2.75, 3.05) is 0 Å². The predicted octanol–water partition coefficient (Wildman–Crippen LogP) is 2.27. The number of amides is 1. The summed E-state index contributed by atoms with van der Waals surface area (Å²) >= 11 is 2.16. The van der Waals surface area contributed by atoms with Gasteiger partial charge in [-0.05, 0) is 41.6 Å². The van der Waals surface area contributed by atoms with Crippen molar-refractivity contribution in [1.29, 1.82) is 0 Å². The number of hydrogen-bond donors (Lipinski definition) is 2. The highest BCUT2D eigenvalue weighted by Gasteiger charge is 2.16. The van der Waals surface area contributed by atoms with Crippen molar-refractivity contribution in [2.24, 2.45) is 0 Å². The molecule has 6 heteroatoms. The van der Waals surface area contributed by atoms with Gasteiger partial charge in [0.2, 0.25) is 0 Å².